The highest BCUT2D eigenvalue weighted by Crippen LogP contribution is 2.33. The molecule has 1 aromatic carbocycles. The van der Waals surface area contributed by atoms with Crippen molar-refractivity contribution in [3.63, 3.8) is 0 Å². The van der Waals surface area contributed by atoms with Crippen LogP contribution in [-0.4, -0.2) is 42.7 Å². The molecular formula is C38H43N9. The van der Waals surface area contributed by atoms with Crippen LogP contribution in [0.3, 0.4) is 0 Å². The fourth-order valence-corrected chi connectivity index (χ4v) is 6.19. The molecule has 9 heteroatoms. The van der Waals surface area contributed by atoms with Crippen molar-refractivity contribution in [3.8, 4) is 0 Å². The minimum absolute atomic E-state index is 0.666. The first kappa shape index (κ1) is 31.7. The van der Waals surface area contributed by atoms with Gasteiger partial charge in [0.1, 0.15) is 5.69 Å². The van der Waals surface area contributed by atoms with E-state index in [4.69, 9.17) is 4.99 Å². The number of pyridine rings is 2. The van der Waals surface area contributed by atoms with E-state index >= 15 is 0 Å². The fourth-order valence-electron chi connectivity index (χ4n) is 6.19. The van der Waals surface area contributed by atoms with Crippen LogP contribution in [0.4, 0.5) is 11.4 Å². The molecule has 0 saturated heterocycles. The lowest BCUT2D eigenvalue weighted by molar-refractivity contribution is 0.564. The van der Waals surface area contributed by atoms with Gasteiger partial charge in [-0.05, 0) is 112 Å². The van der Waals surface area contributed by atoms with Crippen molar-refractivity contribution in [1.82, 2.24) is 29.9 Å². The number of hydrogen-bond acceptors (Lipinski definition) is 7. The Kier molecular flexibility index (Phi) is 9.71. The normalized spacial score (nSPS) is 13.8. The number of benzene rings is 1. The molecule has 6 rings (SSSR count). The maximum atomic E-state index is 4.88. The third kappa shape index (κ3) is 7.92. The van der Waals surface area contributed by atoms with Crippen molar-refractivity contribution in [2.24, 2.45) is 4.99 Å². The van der Waals surface area contributed by atoms with Crippen LogP contribution in [0.2, 0.25) is 0 Å². The van der Waals surface area contributed by atoms with Gasteiger partial charge in [0, 0.05) is 60.0 Å². The summed E-state index contributed by atoms with van der Waals surface area (Å²) >= 11 is 0. The Morgan fingerprint density at radius 1 is 0.809 bits per heavy atom. The minimum atomic E-state index is 0.666. The Bertz CT molecular complexity index is 1840. The van der Waals surface area contributed by atoms with Gasteiger partial charge in [-0.3, -0.25) is 19.6 Å². The minimum Gasteiger partial charge on any atom is -0.369 e. The van der Waals surface area contributed by atoms with Gasteiger partial charge in [0.25, 0.3) is 0 Å². The molecule has 0 unspecified atom stereocenters. The highest BCUT2D eigenvalue weighted by Gasteiger charge is 2.18. The number of nitrogens with one attached hydrogen (secondary N) is 1. The van der Waals surface area contributed by atoms with Crippen molar-refractivity contribution in [1.29, 1.82) is 0 Å². The zero-order chi connectivity index (χ0) is 32.8. The second-order valence-electron chi connectivity index (χ2n) is 12.4. The quantitative estimate of drug-likeness (QED) is 0.146. The molecule has 1 aliphatic heterocycles. The molecule has 1 N–H and O–H groups in total. The molecule has 5 aromatic rings. The number of H-pyrrole nitrogens is 1. The van der Waals surface area contributed by atoms with Gasteiger partial charge in [-0.1, -0.05) is 17.3 Å². The van der Waals surface area contributed by atoms with Gasteiger partial charge in [-0.2, -0.15) is 0 Å². The molecule has 0 amide bonds. The fraction of sp³-hybridized carbons (Fsp3) is 0.289. The number of aliphatic imine (C=N–C) groups is 1. The smallest absolute Gasteiger partial charge is 0.102 e. The van der Waals surface area contributed by atoms with Crippen molar-refractivity contribution in [2.45, 2.75) is 66.7 Å². The second kappa shape index (κ2) is 14.4. The van der Waals surface area contributed by atoms with Crippen LogP contribution < -0.4 is 9.80 Å². The molecule has 0 fully saturated rings. The van der Waals surface area contributed by atoms with Gasteiger partial charge in [-0.15, -0.1) is 5.10 Å². The first-order chi connectivity index (χ1) is 22.8. The molecule has 0 aliphatic carbocycles. The Labute approximate surface area is 277 Å². The lowest BCUT2D eigenvalue weighted by Gasteiger charge is -2.25. The number of hydrogen-bond donors (Lipinski definition) is 1. The SMILES string of the molecule is CC1=CC(C)=N/C1=C(/CCCn1cc(CN(C)c2ccc(N(Cc3ccccn3)Cc3ccccn3)cc2)nn1)c1[nH]c(C)cc1C. The Hall–Kier alpha value is -5.31. The maximum Gasteiger partial charge on any atom is 0.102 e. The summed E-state index contributed by atoms with van der Waals surface area (Å²) in [5.41, 5.74) is 13.5. The van der Waals surface area contributed by atoms with E-state index in [1.807, 2.05) is 41.3 Å². The Morgan fingerprint density at radius 3 is 2.06 bits per heavy atom. The van der Waals surface area contributed by atoms with E-state index < -0.39 is 0 Å². The van der Waals surface area contributed by atoms with Crippen molar-refractivity contribution >= 4 is 22.7 Å². The van der Waals surface area contributed by atoms with Gasteiger partial charge in [0.15, 0.2) is 0 Å². The Morgan fingerprint density at radius 2 is 1.49 bits per heavy atom. The lowest BCUT2D eigenvalue weighted by Crippen LogP contribution is -2.23. The average Bonchev–Trinajstić information content (AvgIpc) is 3.77. The van der Waals surface area contributed by atoms with Gasteiger partial charge in [-0.25, -0.2) is 0 Å². The average molecular weight is 626 g/mol. The van der Waals surface area contributed by atoms with E-state index in [1.165, 1.54) is 28.1 Å². The largest absolute Gasteiger partial charge is 0.369 e. The molecule has 0 radical (unpaired) electrons. The standard InChI is InChI=1S/C38H43N9/c1-27-21-29(3)41-37(27)36(38-28(2)22-30(4)42-38)13-10-20-47-26-33(43-44-47)23-45(5)34-14-16-35(17-15-34)46(24-31-11-6-8-18-39-31)25-32-12-7-9-19-40-32/h6-9,11-12,14-19,21-22,26,41H,10,13,20,23-25H2,1-5H3/b38-36-. The first-order valence-electron chi connectivity index (χ1n) is 16.2. The predicted molar refractivity (Wildman–Crippen MR) is 190 cm³/mol. The summed E-state index contributed by atoms with van der Waals surface area (Å²) in [6.45, 7) is 11.3. The van der Waals surface area contributed by atoms with Gasteiger partial charge < -0.3 is 14.8 Å². The Balaban J connectivity index is 1.09. The van der Waals surface area contributed by atoms with Crippen molar-refractivity contribution in [2.75, 3.05) is 16.8 Å². The summed E-state index contributed by atoms with van der Waals surface area (Å²) in [6, 6.07) is 22.9. The number of aromatic nitrogens is 6. The van der Waals surface area contributed by atoms with Crippen LogP contribution in [-0.2, 0) is 26.2 Å². The van der Waals surface area contributed by atoms with Gasteiger partial charge in [0.05, 0.1) is 42.9 Å². The van der Waals surface area contributed by atoms with Crippen molar-refractivity contribution in [3.05, 3.63) is 137 Å². The lowest BCUT2D eigenvalue weighted by atomic mass is 9.99. The maximum absolute atomic E-state index is 4.88. The molecule has 0 atom stereocenters. The van der Waals surface area contributed by atoms with E-state index in [2.05, 4.69) is 125 Å². The third-order valence-electron chi connectivity index (χ3n) is 8.44. The number of allylic oxidation sites excluding steroid dienone is 3. The number of anilines is 2. The van der Waals surface area contributed by atoms with Gasteiger partial charge in [0.2, 0.25) is 0 Å². The molecule has 5 heterocycles. The van der Waals surface area contributed by atoms with Crippen LogP contribution >= 0.6 is 0 Å². The highest BCUT2D eigenvalue weighted by molar-refractivity contribution is 5.99. The molecular weight excluding hydrogens is 582 g/mol. The molecule has 47 heavy (non-hydrogen) atoms. The number of nitrogens with zero attached hydrogens (tertiary/aromatic N) is 8. The van der Waals surface area contributed by atoms with E-state index in [-0.39, 0.29) is 0 Å². The summed E-state index contributed by atoms with van der Waals surface area (Å²) in [6.07, 6.45) is 9.74. The van der Waals surface area contributed by atoms with Gasteiger partial charge >= 0.3 is 0 Å². The number of aromatic amines is 1. The first-order valence-corrected chi connectivity index (χ1v) is 16.2. The van der Waals surface area contributed by atoms with Crippen LogP contribution in [0, 0.1) is 13.8 Å². The molecule has 0 saturated carbocycles. The summed E-state index contributed by atoms with van der Waals surface area (Å²) in [4.78, 5) is 22.1. The van der Waals surface area contributed by atoms with E-state index in [0.29, 0.717) is 19.6 Å². The zero-order valence-corrected chi connectivity index (χ0v) is 28.0. The van der Waals surface area contributed by atoms with Crippen LogP contribution in [0.25, 0.3) is 5.57 Å². The van der Waals surface area contributed by atoms with Crippen LogP contribution in [0.15, 0.2) is 108 Å². The summed E-state index contributed by atoms with van der Waals surface area (Å²) < 4.78 is 1.96. The summed E-state index contributed by atoms with van der Waals surface area (Å²) in [5, 5.41) is 8.95. The highest BCUT2D eigenvalue weighted by atomic mass is 15.4. The molecule has 0 spiro atoms. The van der Waals surface area contributed by atoms with Crippen LogP contribution in [0.5, 0.6) is 0 Å². The van der Waals surface area contributed by atoms with Crippen LogP contribution in [0.1, 0.15) is 60.7 Å². The van der Waals surface area contributed by atoms with E-state index in [9.17, 15) is 0 Å². The molecule has 9 nitrogen and oxygen atoms in total. The van der Waals surface area contributed by atoms with Crippen molar-refractivity contribution < 1.29 is 0 Å². The summed E-state index contributed by atoms with van der Waals surface area (Å²) in [7, 11) is 2.09. The third-order valence-corrected chi connectivity index (χ3v) is 8.44. The number of aryl methyl sites for hydroxylation is 3. The topological polar surface area (TPSA) is 91.1 Å². The monoisotopic (exact) mass is 625 g/mol. The van der Waals surface area contributed by atoms with E-state index in [1.54, 1.807) is 0 Å². The molecule has 0 bridgehead atoms. The molecule has 4 aromatic heterocycles. The second-order valence-corrected chi connectivity index (χ2v) is 12.4. The molecule has 240 valence electrons. The number of rotatable bonds is 13. The van der Waals surface area contributed by atoms with E-state index in [0.717, 1.165) is 59.3 Å². The zero-order valence-electron chi connectivity index (χ0n) is 28.0. The summed E-state index contributed by atoms with van der Waals surface area (Å²) in [5.74, 6) is 0. The predicted octanol–water partition coefficient (Wildman–Crippen LogP) is 7.47. The molecule has 1 aliphatic rings.